The molecule has 0 atom stereocenters. The molecule has 158 valence electrons. The van der Waals surface area contributed by atoms with Crippen LogP contribution in [0.5, 0.6) is 0 Å². The summed E-state index contributed by atoms with van der Waals surface area (Å²) in [6.45, 7) is 0. The zero-order chi connectivity index (χ0) is 22.1. The summed E-state index contributed by atoms with van der Waals surface area (Å²) < 4.78 is 6.34. The molecule has 1 fully saturated rings. The Morgan fingerprint density at radius 1 is 0.667 bits per heavy atom. The molecule has 3 heteroatoms. The summed E-state index contributed by atoms with van der Waals surface area (Å²) in [5.41, 5.74) is 5.55. The fraction of sp³-hybridized carbons (Fsp3) is 0.133. The first kappa shape index (κ1) is 18.6. The van der Waals surface area contributed by atoms with Gasteiger partial charge in [-0.15, -0.1) is 0 Å². The molecule has 0 unspecified atom stereocenters. The minimum atomic E-state index is 0.253. The first-order valence-electron chi connectivity index (χ1n) is 11.6. The second-order valence-corrected chi connectivity index (χ2v) is 9.22. The number of benzene rings is 5. The van der Waals surface area contributed by atoms with Gasteiger partial charge >= 0.3 is 0 Å². The van der Waals surface area contributed by atoms with Gasteiger partial charge in [0.25, 0.3) is 0 Å². The molecule has 0 amide bonds. The molecular formula is C30H22N2O. The van der Waals surface area contributed by atoms with Gasteiger partial charge in [0, 0.05) is 22.3 Å². The van der Waals surface area contributed by atoms with Gasteiger partial charge < -0.3 is 9.83 Å². The maximum absolute atomic E-state index is 8.61. The molecule has 2 N–H and O–H groups in total. The normalized spacial score (nSPS) is 14.4. The summed E-state index contributed by atoms with van der Waals surface area (Å²) in [7, 11) is 0. The Balaban J connectivity index is 1.46. The zero-order valence-corrected chi connectivity index (χ0v) is 18.1. The van der Waals surface area contributed by atoms with Gasteiger partial charge in [-0.2, -0.15) is 0 Å². The first-order valence-corrected chi connectivity index (χ1v) is 11.6. The smallest absolute Gasteiger partial charge is 0.136 e. The van der Waals surface area contributed by atoms with Crippen LogP contribution in [0.2, 0.25) is 0 Å². The predicted octanol–water partition coefficient (Wildman–Crippen LogP) is 8.18. The van der Waals surface area contributed by atoms with Crippen molar-refractivity contribution in [2.24, 2.45) is 5.92 Å². The second-order valence-electron chi connectivity index (χ2n) is 9.22. The van der Waals surface area contributed by atoms with Gasteiger partial charge in [-0.25, -0.2) is 0 Å². The number of rotatable bonds is 4. The number of hydrogen-bond donors (Lipinski definition) is 2. The fourth-order valence-electron chi connectivity index (χ4n) is 5.41. The van der Waals surface area contributed by atoms with Crippen molar-refractivity contribution in [1.82, 2.24) is 0 Å². The van der Waals surface area contributed by atoms with Crippen LogP contribution in [0.15, 0.2) is 83.3 Å². The molecule has 0 spiro atoms. The molecule has 1 aliphatic carbocycles. The van der Waals surface area contributed by atoms with Crippen molar-refractivity contribution < 1.29 is 4.42 Å². The van der Waals surface area contributed by atoms with E-state index in [1.807, 2.05) is 24.3 Å². The Labute approximate surface area is 191 Å². The quantitative estimate of drug-likeness (QED) is 0.217. The molecule has 1 aromatic heterocycles. The third-order valence-electron chi connectivity index (χ3n) is 7.37. The molecule has 1 aliphatic rings. The molecule has 0 saturated heterocycles. The van der Waals surface area contributed by atoms with Crippen LogP contribution in [0.25, 0.3) is 54.6 Å². The van der Waals surface area contributed by atoms with E-state index < -0.39 is 0 Å². The van der Waals surface area contributed by atoms with Crippen molar-refractivity contribution in [3.63, 3.8) is 0 Å². The van der Waals surface area contributed by atoms with Crippen molar-refractivity contribution in [2.45, 2.75) is 19.3 Å². The molecule has 0 aliphatic heterocycles. The highest BCUT2D eigenvalue weighted by Crippen LogP contribution is 2.44. The van der Waals surface area contributed by atoms with E-state index >= 15 is 0 Å². The van der Waals surface area contributed by atoms with E-state index in [2.05, 4.69) is 54.6 Å². The van der Waals surface area contributed by atoms with Crippen LogP contribution in [0.4, 0.5) is 0 Å². The topological polar surface area (TPSA) is 60.8 Å². The number of nitrogens with one attached hydrogen (secondary N) is 2. The van der Waals surface area contributed by atoms with Crippen molar-refractivity contribution in [3.8, 4) is 11.1 Å². The van der Waals surface area contributed by atoms with Crippen molar-refractivity contribution >= 4 is 54.9 Å². The number of hydrogen-bond acceptors (Lipinski definition) is 3. The van der Waals surface area contributed by atoms with E-state index in [0.29, 0.717) is 11.4 Å². The van der Waals surface area contributed by atoms with Crippen LogP contribution >= 0.6 is 0 Å². The highest BCUT2D eigenvalue weighted by Gasteiger charge is 2.25. The molecule has 33 heavy (non-hydrogen) atoms. The van der Waals surface area contributed by atoms with Crippen molar-refractivity contribution in [3.05, 3.63) is 84.4 Å². The van der Waals surface area contributed by atoms with Crippen LogP contribution < -0.4 is 0 Å². The van der Waals surface area contributed by atoms with Crippen LogP contribution in [0, 0.1) is 16.7 Å². The van der Waals surface area contributed by atoms with Gasteiger partial charge in [0.2, 0.25) is 0 Å². The molecular weight excluding hydrogens is 404 g/mol. The Kier molecular flexibility index (Phi) is 3.80. The molecule has 1 heterocycles. The van der Waals surface area contributed by atoms with Crippen LogP contribution in [0.3, 0.4) is 0 Å². The summed E-state index contributed by atoms with van der Waals surface area (Å²) in [4.78, 5) is 0. The van der Waals surface area contributed by atoms with E-state index in [9.17, 15) is 0 Å². The monoisotopic (exact) mass is 426 g/mol. The highest BCUT2D eigenvalue weighted by molar-refractivity contribution is 6.47. The van der Waals surface area contributed by atoms with E-state index in [0.717, 1.165) is 40.7 Å². The Bertz CT molecular complexity index is 1740. The highest BCUT2D eigenvalue weighted by atomic mass is 16.3. The minimum absolute atomic E-state index is 0.253. The Morgan fingerprint density at radius 2 is 1.39 bits per heavy atom. The zero-order valence-electron chi connectivity index (χ0n) is 18.1. The molecule has 1 saturated carbocycles. The standard InChI is InChI=1S/C30H22N2O/c31-29(17-6-3-7-17)30(32)19-9-4-8-18(14-19)20-15-24-22-11-2-1-10-21(22)23-12-5-13-25-27(23)28(24)26(16-20)33-25/h1-2,4-5,8-17,31-32H,3,6-7H2. The van der Waals surface area contributed by atoms with Gasteiger partial charge in [0.15, 0.2) is 0 Å². The Hall–Kier alpha value is -3.98. The first-order chi connectivity index (χ1) is 16.2. The average molecular weight is 427 g/mol. The number of furan rings is 1. The van der Waals surface area contributed by atoms with Gasteiger partial charge in [0.1, 0.15) is 11.2 Å². The SMILES string of the molecule is N=C(C(=N)C1CCC1)c1cccc(-c2cc3oc4cccc5c6ccccc6c(c2)c3c45)c1. The van der Waals surface area contributed by atoms with Gasteiger partial charge in [-0.1, -0.05) is 61.0 Å². The Morgan fingerprint density at radius 3 is 2.18 bits per heavy atom. The molecule has 3 nitrogen and oxygen atoms in total. The number of fused-ring (bicyclic) bond motifs is 3. The lowest BCUT2D eigenvalue weighted by molar-refractivity contribution is 0.415. The molecule has 0 radical (unpaired) electrons. The van der Waals surface area contributed by atoms with Crippen molar-refractivity contribution in [2.75, 3.05) is 0 Å². The summed E-state index contributed by atoms with van der Waals surface area (Å²) in [5.74, 6) is 0.253. The van der Waals surface area contributed by atoms with Crippen LogP contribution in [-0.4, -0.2) is 11.4 Å². The van der Waals surface area contributed by atoms with E-state index in [1.54, 1.807) is 0 Å². The van der Waals surface area contributed by atoms with Gasteiger partial charge in [-0.3, -0.25) is 5.41 Å². The van der Waals surface area contributed by atoms with E-state index in [4.69, 9.17) is 15.2 Å². The van der Waals surface area contributed by atoms with E-state index in [1.165, 1.54) is 38.7 Å². The second kappa shape index (κ2) is 6.76. The molecule has 7 rings (SSSR count). The third-order valence-corrected chi connectivity index (χ3v) is 7.37. The summed E-state index contributed by atoms with van der Waals surface area (Å²) in [6, 6.07) is 27.3. The lowest BCUT2D eigenvalue weighted by Crippen LogP contribution is -2.28. The minimum Gasteiger partial charge on any atom is -0.456 e. The van der Waals surface area contributed by atoms with Crippen molar-refractivity contribution in [1.29, 1.82) is 10.8 Å². The lowest BCUT2D eigenvalue weighted by Gasteiger charge is -2.26. The predicted molar refractivity (Wildman–Crippen MR) is 137 cm³/mol. The van der Waals surface area contributed by atoms with Crippen LogP contribution in [0.1, 0.15) is 24.8 Å². The summed E-state index contributed by atoms with van der Waals surface area (Å²) >= 11 is 0. The lowest BCUT2D eigenvalue weighted by atomic mass is 9.79. The summed E-state index contributed by atoms with van der Waals surface area (Å²) in [5, 5.41) is 24.3. The molecule has 6 aromatic rings. The third kappa shape index (κ3) is 2.62. The maximum atomic E-state index is 8.61. The molecule has 5 aromatic carbocycles. The van der Waals surface area contributed by atoms with Gasteiger partial charge in [-0.05, 0) is 69.8 Å². The van der Waals surface area contributed by atoms with E-state index in [-0.39, 0.29) is 5.92 Å². The summed E-state index contributed by atoms with van der Waals surface area (Å²) in [6.07, 6.45) is 3.24. The van der Waals surface area contributed by atoms with Crippen LogP contribution in [-0.2, 0) is 0 Å². The van der Waals surface area contributed by atoms with Gasteiger partial charge in [0.05, 0.1) is 11.4 Å². The largest absolute Gasteiger partial charge is 0.456 e. The maximum Gasteiger partial charge on any atom is 0.136 e. The average Bonchev–Trinajstić information content (AvgIpc) is 3.21. The molecule has 0 bridgehead atoms. The fourth-order valence-corrected chi connectivity index (χ4v) is 5.41.